The summed E-state index contributed by atoms with van der Waals surface area (Å²) in [6.07, 6.45) is 5.34. The van der Waals surface area contributed by atoms with E-state index in [-0.39, 0.29) is 12.1 Å². The van der Waals surface area contributed by atoms with Crippen molar-refractivity contribution in [1.82, 2.24) is 34.3 Å². The molecule has 1 N–H and O–H groups in total. The minimum Gasteiger partial charge on any atom is -0.480 e. The number of ether oxygens (including phenoxy) is 1. The van der Waals surface area contributed by atoms with Crippen LogP contribution >= 0.6 is 0 Å². The zero-order valence-corrected chi connectivity index (χ0v) is 17.7. The largest absolute Gasteiger partial charge is 0.480 e. The van der Waals surface area contributed by atoms with Crippen molar-refractivity contribution in [1.29, 1.82) is 0 Å². The van der Waals surface area contributed by atoms with Gasteiger partial charge in [0, 0.05) is 48.8 Å². The Morgan fingerprint density at radius 1 is 0.968 bits per heavy atom. The zero-order valence-electron chi connectivity index (χ0n) is 17.7. The van der Waals surface area contributed by atoms with Crippen LogP contribution in [-0.2, 0) is 14.1 Å². The summed E-state index contributed by atoms with van der Waals surface area (Å²) in [5.41, 5.74) is 7.07. The van der Waals surface area contributed by atoms with Crippen LogP contribution in [0.25, 0.3) is 5.70 Å². The lowest BCUT2D eigenvalue weighted by molar-refractivity contribution is 0.222. The molecule has 1 aromatic carbocycles. The molecule has 0 bridgehead atoms. The van der Waals surface area contributed by atoms with Gasteiger partial charge in [-0.2, -0.15) is 20.3 Å². The second kappa shape index (κ2) is 6.31. The van der Waals surface area contributed by atoms with E-state index in [9.17, 15) is 0 Å². The third kappa shape index (κ3) is 2.56. The van der Waals surface area contributed by atoms with Crippen LogP contribution in [0.3, 0.4) is 0 Å². The Morgan fingerprint density at radius 3 is 2.39 bits per heavy atom. The number of rotatable bonds is 2. The second-order valence-corrected chi connectivity index (χ2v) is 8.07. The van der Waals surface area contributed by atoms with E-state index in [2.05, 4.69) is 37.9 Å². The van der Waals surface area contributed by atoms with Gasteiger partial charge in [-0.1, -0.05) is 12.1 Å². The van der Waals surface area contributed by atoms with Gasteiger partial charge in [-0.25, -0.2) is 4.68 Å². The molecular formula is C22H22N8O. The fraction of sp³-hybridized carbons (Fsp3) is 0.273. The molecule has 0 aliphatic carbocycles. The van der Waals surface area contributed by atoms with Gasteiger partial charge in [0.1, 0.15) is 18.1 Å². The lowest BCUT2D eigenvalue weighted by atomic mass is 9.85. The highest BCUT2D eigenvalue weighted by Gasteiger charge is 2.42. The van der Waals surface area contributed by atoms with Crippen LogP contribution in [0.1, 0.15) is 40.2 Å². The van der Waals surface area contributed by atoms with Crippen LogP contribution in [0, 0.1) is 13.8 Å². The van der Waals surface area contributed by atoms with E-state index in [1.54, 1.807) is 6.33 Å². The number of anilines is 1. The predicted molar refractivity (Wildman–Crippen MR) is 114 cm³/mol. The van der Waals surface area contributed by atoms with E-state index >= 15 is 0 Å². The fourth-order valence-electron chi connectivity index (χ4n) is 4.74. The van der Waals surface area contributed by atoms with Gasteiger partial charge in [0.25, 0.3) is 0 Å². The lowest BCUT2D eigenvalue weighted by Gasteiger charge is -2.38. The first-order chi connectivity index (χ1) is 15.0. The average molecular weight is 414 g/mol. The molecule has 9 nitrogen and oxygen atoms in total. The molecule has 156 valence electrons. The molecule has 0 saturated heterocycles. The van der Waals surface area contributed by atoms with Crippen LogP contribution in [-0.4, -0.2) is 34.3 Å². The number of nitrogens with zero attached hydrogens (tertiary/aromatic N) is 7. The van der Waals surface area contributed by atoms with E-state index in [4.69, 9.17) is 4.74 Å². The molecule has 2 aliphatic rings. The van der Waals surface area contributed by atoms with E-state index in [0.717, 1.165) is 45.1 Å². The Kier molecular flexibility index (Phi) is 3.65. The highest BCUT2D eigenvalue weighted by Crippen LogP contribution is 2.51. The second-order valence-electron chi connectivity index (χ2n) is 8.07. The van der Waals surface area contributed by atoms with Crippen molar-refractivity contribution >= 4 is 11.6 Å². The van der Waals surface area contributed by atoms with Crippen molar-refractivity contribution in [3.8, 4) is 5.75 Å². The molecule has 4 aromatic rings. The normalized spacial score (nSPS) is 19.4. The maximum absolute atomic E-state index is 6.63. The van der Waals surface area contributed by atoms with Crippen molar-refractivity contribution in [2.75, 3.05) is 5.32 Å². The first-order valence-electron chi connectivity index (χ1n) is 10.2. The molecule has 0 spiro atoms. The molecule has 0 fully saturated rings. The summed E-state index contributed by atoms with van der Waals surface area (Å²) < 4.78 is 12.2. The predicted octanol–water partition coefficient (Wildman–Crippen LogP) is 2.92. The molecule has 0 radical (unpaired) electrons. The molecule has 2 atom stereocenters. The molecule has 0 amide bonds. The smallest absolute Gasteiger partial charge is 0.226 e. The van der Waals surface area contributed by atoms with Crippen molar-refractivity contribution in [3.63, 3.8) is 0 Å². The maximum Gasteiger partial charge on any atom is 0.226 e. The molecule has 2 aliphatic heterocycles. The Labute approximate surface area is 179 Å². The van der Waals surface area contributed by atoms with Gasteiger partial charge >= 0.3 is 0 Å². The third-order valence-corrected chi connectivity index (χ3v) is 6.00. The van der Waals surface area contributed by atoms with Crippen molar-refractivity contribution in [3.05, 3.63) is 76.6 Å². The standard InChI is InChI=1S/C22H22N8O/c1-12-15(9-28(3)26-12)20-18-19(25-22-23-11-24-30(20)22)14-7-5-6-8-17(14)31-21(18)16-10-29(4)27-13(16)2/h5-11,20-21H,1-4H3,(H,23,24,25). The molecule has 9 heteroatoms. The number of hydrogen-bond acceptors (Lipinski definition) is 6. The number of nitrogens with one attached hydrogen (secondary N) is 1. The van der Waals surface area contributed by atoms with Gasteiger partial charge in [-0.3, -0.25) is 9.36 Å². The summed E-state index contributed by atoms with van der Waals surface area (Å²) in [6, 6.07) is 7.88. The zero-order chi connectivity index (χ0) is 21.3. The van der Waals surface area contributed by atoms with Crippen molar-refractivity contribution < 1.29 is 4.74 Å². The van der Waals surface area contributed by atoms with Gasteiger partial charge in [-0.15, -0.1) is 0 Å². The fourth-order valence-corrected chi connectivity index (χ4v) is 4.74. The van der Waals surface area contributed by atoms with E-state index in [0.29, 0.717) is 5.95 Å². The Bertz CT molecular complexity index is 1360. The van der Waals surface area contributed by atoms with Crippen molar-refractivity contribution in [2.24, 2.45) is 14.1 Å². The Hall–Kier alpha value is -3.88. The molecule has 0 saturated carbocycles. The molecule has 5 heterocycles. The van der Waals surface area contributed by atoms with Crippen LogP contribution in [0.5, 0.6) is 5.75 Å². The molecule has 3 aromatic heterocycles. The number of benzene rings is 1. The monoisotopic (exact) mass is 414 g/mol. The van der Waals surface area contributed by atoms with Gasteiger partial charge in [0.2, 0.25) is 5.95 Å². The summed E-state index contributed by atoms with van der Waals surface area (Å²) >= 11 is 0. The summed E-state index contributed by atoms with van der Waals surface area (Å²) in [6.45, 7) is 4.04. The van der Waals surface area contributed by atoms with Gasteiger partial charge < -0.3 is 10.1 Å². The number of hydrogen-bond donors (Lipinski definition) is 1. The molecular weight excluding hydrogens is 392 g/mol. The topological polar surface area (TPSA) is 87.6 Å². The highest BCUT2D eigenvalue weighted by atomic mass is 16.5. The Balaban J connectivity index is 1.66. The number of aromatic nitrogens is 7. The van der Waals surface area contributed by atoms with E-state index < -0.39 is 0 Å². The summed E-state index contributed by atoms with van der Waals surface area (Å²) in [7, 11) is 3.87. The number of fused-ring (bicyclic) bond motifs is 3. The minimum atomic E-state index is -0.326. The van der Waals surface area contributed by atoms with Gasteiger partial charge in [0.15, 0.2) is 6.10 Å². The molecule has 31 heavy (non-hydrogen) atoms. The van der Waals surface area contributed by atoms with Crippen LogP contribution in [0.2, 0.25) is 0 Å². The van der Waals surface area contributed by atoms with Crippen LogP contribution < -0.4 is 10.1 Å². The van der Waals surface area contributed by atoms with Gasteiger partial charge in [-0.05, 0) is 26.0 Å². The summed E-state index contributed by atoms with van der Waals surface area (Å²) in [4.78, 5) is 4.47. The number of para-hydroxylation sites is 1. The van der Waals surface area contributed by atoms with Gasteiger partial charge in [0.05, 0.1) is 17.1 Å². The maximum atomic E-state index is 6.63. The highest BCUT2D eigenvalue weighted by molar-refractivity contribution is 5.85. The Morgan fingerprint density at radius 2 is 1.68 bits per heavy atom. The third-order valence-electron chi connectivity index (χ3n) is 6.00. The van der Waals surface area contributed by atoms with Crippen LogP contribution in [0.4, 0.5) is 5.95 Å². The van der Waals surface area contributed by atoms with Crippen molar-refractivity contribution in [2.45, 2.75) is 26.0 Å². The average Bonchev–Trinajstić information content (AvgIpc) is 3.43. The first-order valence-corrected chi connectivity index (χ1v) is 10.2. The molecule has 6 rings (SSSR count). The van der Waals surface area contributed by atoms with Crippen LogP contribution in [0.15, 0.2) is 48.6 Å². The summed E-state index contributed by atoms with van der Waals surface area (Å²) in [5, 5.41) is 17.3. The SMILES string of the molecule is Cc1nn(C)cc1C1Oc2ccccc2C2=C1C(c1cn(C)nc1C)n1ncnc1N2. The first kappa shape index (κ1) is 17.9. The van der Waals surface area contributed by atoms with E-state index in [1.807, 2.05) is 66.4 Å². The minimum absolute atomic E-state index is 0.208. The van der Waals surface area contributed by atoms with E-state index in [1.165, 1.54) is 0 Å². The quantitative estimate of drug-likeness (QED) is 0.543. The number of aryl methyl sites for hydroxylation is 4. The summed E-state index contributed by atoms with van der Waals surface area (Å²) in [5.74, 6) is 1.53. The lowest BCUT2D eigenvalue weighted by Crippen LogP contribution is -2.32. The molecule has 2 unspecified atom stereocenters.